The molecule has 1 saturated heterocycles. The second-order valence-electron chi connectivity index (χ2n) is 6.08. The monoisotopic (exact) mass is 349 g/mol. The summed E-state index contributed by atoms with van der Waals surface area (Å²) in [5, 5.41) is 20.0. The molecule has 0 amide bonds. The summed E-state index contributed by atoms with van der Waals surface area (Å²) in [5.41, 5.74) is 0.315. The Kier molecular flexibility index (Phi) is 6.49. The van der Waals surface area contributed by atoms with Gasteiger partial charge in [0.25, 0.3) is 0 Å². The van der Waals surface area contributed by atoms with Gasteiger partial charge in [0, 0.05) is 19.6 Å². The van der Waals surface area contributed by atoms with E-state index in [4.69, 9.17) is 4.74 Å². The number of phenolic OH excluding ortho intramolecular Hbond substituents is 1. The highest BCUT2D eigenvalue weighted by Crippen LogP contribution is 2.32. The maximum absolute atomic E-state index is 10.8. The first kappa shape index (κ1) is 18.6. The van der Waals surface area contributed by atoms with Crippen molar-refractivity contribution in [1.82, 2.24) is 4.90 Å². The molecule has 2 N–H and O–H groups in total. The molecule has 0 aliphatic carbocycles. The van der Waals surface area contributed by atoms with E-state index >= 15 is 0 Å². The zero-order chi connectivity index (χ0) is 16.1. The first-order valence-electron chi connectivity index (χ1n) is 8.08. The van der Waals surface area contributed by atoms with Crippen LogP contribution in [0.15, 0.2) is 54.6 Å². The van der Waals surface area contributed by atoms with Crippen LogP contribution >= 0.6 is 12.4 Å². The number of halogens is 1. The average molecular weight is 350 g/mol. The van der Waals surface area contributed by atoms with E-state index in [1.165, 1.54) is 0 Å². The Morgan fingerprint density at radius 1 is 0.958 bits per heavy atom. The van der Waals surface area contributed by atoms with Gasteiger partial charge in [0.2, 0.25) is 0 Å². The summed E-state index contributed by atoms with van der Waals surface area (Å²) >= 11 is 0. The molecular formula is C19H24ClNO3. The Hall–Kier alpha value is -1.75. The number of aromatic hydroxyl groups is 1. The van der Waals surface area contributed by atoms with Gasteiger partial charge in [-0.15, -0.1) is 12.4 Å². The number of likely N-dealkylation sites (tertiary alicyclic amines) is 1. The third-order valence-corrected chi connectivity index (χ3v) is 4.51. The Labute approximate surface area is 149 Å². The van der Waals surface area contributed by atoms with Crippen molar-refractivity contribution in [3.05, 3.63) is 60.2 Å². The number of ether oxygens (including phenoxy) is 1. The Morgan fingerprint density at radius 2 is 1.58 bits per heavy atom. The Bertz CT molecular complexity index is 610. The molecule has 0 saturated carbocycles. The quantitative estimate of drug-likeness (QED) is 0.870. The van der Waals surface area contributed by atoms with Crippen molar-refractivity contribution < 1.29 is 14.9 Å². The SMILES string of the molecule is Cl.Oc1ccc(OCCN2CCC(O)(c3ccccc3)CC2)cc1. The van der Waals surface area contributed by atoms with Crippen molar-refractivity contribution in [3.63, 3.8) is 0 Å². The van der Waals surface area contributed by atoms with Crippen molar-refractivity contribution in [2.45, 2.75) is 18.4 Å². The molecule has 2 aromatic rings. The lowest BCUT2D eigenvalue weighted by Gasteiger charge is -2.38. The number of phenols is 1. The van der Waals surface area contributed by atoms with Gasteiger partial charge >= 0.3 is 0 Å². The van der Waals surface area contributed by atoms with Crippen LogP contribution in [0.3, 0.4) is 0 Å². The maximum Gasteiger partial charge on any atom is 0.119 e. The largest absolute Gasteiger partial charge is 0.508 e. The fourth-order valence-corrected chi connectivity index (χ4v) is 3.02. The van der Waals surface area contributed by atoms with Crippen molar-refractivity contribution in [2.75, 3.05) is 26.2 Å². The molecule has 1 heterocycles. The molecule has 130 valence electrons. The summed E-state index contributed by atoms with van der Waals surface area (Å²) in [7, 11) is 0. The van der Waals surface area contributed by atoms with E-state index in [0.29, 0.717) is 6.61 Å². The predicted molar refractivity (Wildman–Crippen MR) is 96.9 cm³/mol. The van der Waals surface area contributed by atoms with Crippen molar-refractivity contribution >= 4 is 12.4 Å². The number of nitrogens with zero attached hydrogens (tertiary/aromatic N) is 1. The highest BCUT2D eigenvalue weighted by molar-refractivity contribution is 5.85. The molecule has 24 heavy (non-hydrogen) atoms. The summed E-state index contributed by atoms with van der Waals surface area (Å²) in [6.07, 6.45) is 1.49. The van der Waals surface area contributed by atoms with Gasteiger partial charge in [-0.25, -0.2) is 0 Å². The first-order valence-corrected chi connectivity index (χ1v) is 8.08. The number of piperidine rings is 1. The molecule has 2 aromatic carbocycles. The third kappa shape index (κ3) is 4.63. The Morgan fingerprint density at radius 3 is 2.21 bits per heavy atom. The van der Waals surface area contributed by atoms with Crippen LogP contribution in [0.1, 0.15) is 18.4 Å². The van der Waals surface area contributed by atoms with Gasteiger partial charge in [-0.1, -0.05) is 30.3 Å². The average Bonchev–Trinajstić information content (AvgIpc) is 2.59. The molecule has 3 rings (SSSR count). The second-order valence-corrected chi connectivity index (χ2v) is 6.08. The summed E-state index contributed by atoms with van der Waals surface area (Å²) in [6, 6.07) is 16.7. The first-order chi connectivity index (χ1) is 11.2. The van der Waals surface area contributed by atoms with Crippen LogP contribution in [0.2, 0.25) is 0 Å². The summed E-state index contributed by atoms with van der Waals surface area (Å²) in [5.74, 6) is 1.01. The summed E-state index contributed by atoms with van der Waals surface area (Å²) in [4.78, 5) is 2.32. The molecule has 0 bridgehead atoms. The smallest absolute Gasteiger partial charge is 0.119 e. The van der Waals surface area contributed by atoms with Gasteiger partial charge in [0.1, 0.15) is 18.1 Å². The molecule has 0 aromatic heterocycles. The minimum atomic E-state index is -0.699. The van der Waals surface area contributed by atoms with Crippen molar-refractivity contribution in [2.24, 2.45) is 0 Å². The minimum Gasteiger partial charge on any atom is -0.508 e. The number of benzene rings is 2. The molecule has 0 atom stereocenters. The molecule has 5 heteroatoms. The zero-order valence-electron chi connectivity index (χ0n) is 13.6. The minimum absolute atomic E-state index is 0. The number of aliphatic hydroxyl groups is 1. The maximum atomic E-state index is 10.8. The summed E-state index contributed by atoms with van der Waals surface area (Å²) < 4.78 is 5.69. The van der Waals surface area contributed by atoms with E-state index in [9.17, 15) is 10.2 Å². The lowest BCUT2D eigenvalue weighted by molar-refractivity contribution is -0.0278. The van der Waals surface area contributed by atoms with E-state index in [-0.39, 0.29) is 18.2 Å². The van der Waals surface area contributed by atoms with Gasteiger partial charge in [0.05, 0.1) is 5.60 Å². The Balaban J connectivity index is 0.00000208. The molecule has 1 aliphatic rings. The molecule has 0 spiro atoms. The lowest BCUT2D eigenvalue weighted by atomic mass is 9.84. The van der Waals surface area contributed by atoms with Crippen LogP contribution in [0.25, 0.3) is 0 Å². The summed E-state index contributed by atoms with van der Waals surface area (Å²) in [6.45, 7) is 3.18. The van der Waals surface area contributed by atoms with E-state index in [0.717, 1.165) is 43.8 Å². The van der Waals surface area contributed by atoms with Crippen LogP contribution in [0, 0.1) is 0 Å². The van der Waals surface area contributed by atoms with Gasteiger partial charge in [-0.2, -0.15) is 0 Å². The molecular weight excluding hydrogens is 326 g/mol. The number of rotatable bonds is 5. The van der Waals surface area contributed by atoms with E-state index < -0.39 is 5.60 Å². The fraction of sp³-hybridized carbons (Fsp3) is 0.368. The third-order valence-electron chi connectivity index (χ3n) is 4.51. The fourth-order valence-electron chi connectivity index (χ4n) is 3.02. The van der Waals surface area contributed by atoms with Crippen LogP contribution in [-0.4, -0.2) is 41.4 Å². The molecule has 1 fully saturated rings. The zero-order valence-corrected chi connectivity index (χ0v) is 14.4. The molecule has 4 nitrogen and oxygen atoms in total. The van der Waals surface area contributed by atoms with Crippen molar-refractivity contribution in [3.8, 4) is 11.5 Å². The van der Waals surface area contributed by atoms with E-state index in [2.05, 4.69) is 4.90 Å². The lowest BCUT2D eigenvalue weighted by Crippen LogP contribution is -2.43. The second kappa shape index (κ2) is 8.38. The van der Waals surface area contributed by atoms with Crippen LogP contribution in [-0.2, 0) is 5.60 Å². The normalized spacial score (nSPS) is 17.0. The molecule has 0 unspecified atom stereocenters. The number of hydrogen-bond acceptors (Lipinski definition) is 4. The van der Waals surface area contributed by atoms with E-state index in [1.807, 2.05) is 30.3 Å². The van der Waals surface area contributed by atoms with Gasteiger partial charge in [-0.05, 0) is 42.7 Å². The van der Waals surface area contributed by atoms with Crippen LogP contribution < -0.4 is 4.74 Å². The highest BCUT2D eigenvalue weighted by atomic mass is 35.5. The highest BCUT2D eigenvalue weighted by Gasteiger charge is 2.33. The van der Waals surface area contributed by atoms with Crippen molar-refractivity contribution in [1.29, 1.82) is 0 Å². The predicted octanol–water partition coefficient (Wildman–Crippen LogP) is 3.18. The number of hydrogen-bond donors (Lipinski definition) is 2. The standard InChI is InChI=1S/C19H23NO3.ClH/c21-17-6-8-18(9-7-17)23-15-14-20-12-10-19(22,11-13-20)16-4-2-1-3-5-16;/h1-9,21-22H,10-15H2;1H. The van der Waals surface area contributed by atoms with Gasteiger partial charge in [0.15, 0.2) is 0 Å². The van der Waals surface area contributed by atoms with Gasteiger partial charge < -0.3 is 14.9 Å². The van der Waals surface area contributed by atoms with Gasteiger partial charge in [-0.3, -0.25) is 4.90 Å². The molecule has 0 radical (unpaired) electrons. The van der Waals surface area contributed by atoms with Crippen LogP contribution in [0.4, 0.5) is 0 Å². The molecule has 1 aliphatic heterocycles. The van der Waals surface area contributed by atoms with Crippen LogP contribution in [0.5, 0.6) is 11.5 Å². The topological polar surface area (TPSA) is 52.9 Å². The van der Waals surface area contributed by atoms with E-state index in [1.54, 1.807) is 24.3 Å².